The first kappa shape index (κ1) is 28.1. The number of fused-ring (bicyclic) bond motifs is 1. The molecule has 1 heterocycles. The van der Waals surface area contributed by atoms with E-state index in [9.17, 15) is 18.0 Å². The summed E-state index contributed by atoms with van der Waals surface area (Å²) in [5, 5.41) is 2.91. The smallest absolute Gasteiger partial charge is 0.244 e. The molecule has 1 aliphatic heterocycles. The molecule has 0 saturated carbocycles. The second-order valence-electron chi connectivity index (χ2n) is 8.81. The zero-order valence-electron chi connectivity index (χ0n) is 21.9. The highest BCUT2D eigenvalue weighted by molar-refractivity contribution is 7.92. The maximum Gasteiger partial charge on any atom is 0.244 e. The number of hydrogen-bond donors (Lipinski definition) is 1. The Balaban J connectivity index is 1.93. The number of carbonyl (C=O) groups excluding carboxylic acids is 2. The first-order valence-electron chi connectivity index (χ1n) is 12.2. The lowest BCUT2D eigenvalue weighted by Gasteiger charge is -2.32. The van der Waals surface area contributed by atoms with Gasteiger partial charge in [0.15, 0.2) is 11.5 Å². The van der Waals surface area contributed by atoms with Crippen molar-refractivity contribution in [2.24, 2.45) is 0 Å². The summed E-state index contributed by atoms with van der Waals surface area (Å²) in [5.41, 5.74) is 1.05. The first-order valence-corrected chi connectivity index (χ1v) is 13.8. The lowest BCUT2D eigenvalue weighted by atomic mass is 10.1. The van der Waals surface area contributed by atoms with Crippen molar-refractivity contribution in [3.05, 3.63) is 48.0 Å². The molecule has 1 N–H and O–H groups in total. The second kappa shape index (κ2) is 12.2. The number of sulfonamides is 1. The highest BCUT2D eigenvalue weighted by Gasteiger charge is 2.32. The van der Waals surface area contributed by atoms with E-state index in [1.165, 1.54) is 17.9 Å². The zero-order valence-corrected chi connectivity index (χ0v) is 22.7. The van der Waals surface area contributed by atoms with E-state index >= 15 is 0 Å². The summed E-state index contributed by atoms with van der Waals surface area (Å²) in [6.45, 7) is 6.66. The fraction of sp³-hybridized carbons (Fsp3) is 0.462. The van der Waals surface area contributed by atoms with Crippen LogP contribution in [-0.4, -0.2) is 63.4 Å². The summed E-state index contributed by atoms with van der Waals surface area (Å²) in [6, 6.07) is 10.9. The molecule has 10 nitrogen and oxygen atoms in total. The van der Waals surface area contributed by atoms with Gasteiger partial charge in [-0.2, -0.15) is 0 Å². The molecule has 2 aromatic rings. The number of hydrogen-bond acceptors (Lipinski definition) is 7. The summed E-state index contributed by atoms with van der Waals surface area (Å²) >= 11 is 0. The molecule has 2 atom stereocenters. The van der Waals surface area contributed by atoms with E-state index < -0.39 is 28.5 Å². The maximum absolute atomic E-state index is 13.7. The molecule has 0 fully saturated rings. The van der Waals surface area contributed by atoms with E-state index in [0.717, 1.165) is 16.3 Å². The summed E-state index contributed by atoms with van der Waals surface area (Å²) in [4.78, 5) is 28.1. The largest absolute Gasteiger partial charge is 0.497 e. The lowest BCUT2D eigenvalue weighted by Crippen LogP contribution is -2.52. The Morgan fingerprint density at radius 3 is 2.35 bits per heavy atom. The molecule has 2 amide bonds. The van der Waals surface area contributed by atoms with Crippen LogP contribution in [0.2, 0.25) is 0 Å². The van der Waals surface area contributed by atoms with Crippen molar-refractivity contribution in [3.63, 3.8) is 0 Å². The van der Waals surface area contributed by atoms with Crippen molar-refractivity contribution in [2.45, 2.75) is 52.7 Å². The van der Waals surface area contributed by atoms with Crippen LogP contribution in [0.15, 0.2) is 42.5 Å². The predicted molar refractivity (Wildman–Crippen MR) is 140 cm³/mol. The minimum absolute atomic E-state index is 0.0384. The third kappa shape index (κ3) is 6.85. The molecule has 0 unspecified atom stereocenters. The Morgan fingerprint density at radius 1 is 1.05 bits per heavy atom. The van der Waals surface area contributed by atoms with Crippen LogP contribution in [-0.2, 0) is 26.2 Å². The van der Waals surface area contributed by atoms with E-state index in [0.29, 0.717) is 17.2 Å². The predicted octanol–water partition coefficient (Wildman–Crippen LogP) is 2.91. The average molecular weight is 534 g/mol. The van der Waals surface area contributed by atoms with Crippen LogP contribution in [0.1, 0.15) is 39.7 Å². The summed E-state index contributed by atoms with van der Waals surface area (Å²) < 4.78 is 43.1. The van der Waals surface area contributed by atoms with Crippen LogP contribution in [0.3, 0.4) is 0 Å². The number of nitrogens with zero attached hydrogens (tertiary/aromatic N) is 2. The van der Waals surface area contributed by atoms with Gasteiger partial charge in [0.2, 0.25) is 28.6 Å². The molecule has 2 aromatic carbocycles. The van der Waals surface area contributed by atoms with Crippen molar-refractivity contribution in [1.82, 2.24) is 10.2 Å². The number of ether oxygens (including phenoxy) is 3. The van der Waals surface area contributed by atoms with Gasteiger partial charge in [0.05, 0.1) is 18.6 Å². The second-order valence-corrected chi connectivity index (χ2v) is 11.0. The number of anilines is 1. The van der Waals surface area contributed by atoms with E-state index in [2.05, 4.69) is 5.32 Å². The Morgan fingerprint density at radius 2 is 1.73 bits per heavy atom. The normalized spacial score (nSPS) is 14.0. The van der Waals surface area contributed by atoms with E-state index in [-0.39, 0.29) is 36.7 Å². The Hall–Kier alpha value is -3.47. The van der Waals surface area contributed by atoms with Crippen LogP contribution in [0.4, 0.5) is 5.69 Å². The van der Waals surface area contributed by atoms with Gasteiger partial charge >= 0.3 is 0 Å². The standard InChI is InChI=1S/C26H35N3O7S/c1-6-18(3)27-26(31)19(4)28(15-20-8-11-22(34-5)12-9-20)25(30)16-29(37(32,33)7-2)21-10-13-23-24(14-21)36-17-35-23/h8-14,18-19H,6-7,15-17H2,1-5H3,(H,27,31)/t18-,19-/m0/s1. The highest BCUT2D eigenvalue weighted by Crippen LogP contribution is 2.36. The topological polar surface area (TPSA) is 114 Å². The molecule has 0 radical (unpaired) electrons. The van der Waals surface area contributed by atoms with Crippen molar-refractivity contribution >= 4 is 27.5 Å². The molecule has 3 rings (SSSR count). The maximum atomic E-state index is 13.7. The van der Waals surface area contributed by atoms with Crippen molar-refractivity contribution in [1.29, 1.82) is 0 Å². The van der Waals surface area contributed by atoms with Crippen LogP contribution in [0.25, 0.3) is 0 Å². The zero-order chi connectivity index (χ0) is 27.2. The Kier molecular flexibility index (Phi) is 9.25. The average Bonchev–Trinajstić information content (AvgIpc) is 3.37. The Bertz CT molecular complexity index is 1200. The van der Waals surface area contributed by atoms with Gasteiger partial charge in [-0.1, -0.05) is 19.1 Å². The number of rotatable bonds is 12. The van der Waals surface area contributed by atoms with Gasteiger partial charge in [0.1, 0.15) is 18.3 Å². The van der Waals surface area contributed by atoms with Gasteiger partial charge in [-0.15, -0.1) is 0 Å². The molecule has 0 aromatic heterocycles. The minimum atomic E-state index is -3.84. The number of carbonyl (C=O) groups is 2. The van der Waals surface area contributed by atoms with Gasteiger partial charge < -0.3 is 24.4 Å². The van der Waals surface area contributed by atoms with Crippen LogP contribution < -0.4 is 23.8 Å². The number of amides is 2. The molecule has 1 aliphatic rings. The lowest BCUT2D eigenvalue weighted by molar-refractivity contribution is -0.139. The van der Waals surface area contributed by atoms with E-state index in [4.69, 9.17) is 14.2 Å². The van der Waals surface area contributed by atoms with Crippen molar-refractivity contribution in [3.8, 4) is 17.2 Å². The van der Waals surface area contributed by atoms with Crippen molar-refractivity contribution in [2.75, 3.05) is 30.5 Å². The molecule has 0 spiro atoms. The minimum Gasteiger partial charge on any atom is -0.497 e. The number of methoxy groups -OCH3 is 1. The summed E-state index contributed by atoms with van der Waals surface area (Å²) in [7, 11) is -2.28. The molecular formula is C26H35N3O7S. The third-order valence-corrected chi connectivity index (χ3v) is 8.04. The quantitative estimate of drug-likeness (QED) is 0.446. The molecule has 11 heteroatoms. The Labute approximate surface area is 218 Å². The fourth-order valence-electron chi connectivity index (χ4n) is 3.74. The SMILES string of the molecule is CC[C@H](C)NC(=O)[C@H](C)N(Cc1ccc(OC)cc1)C(=O)CN(c1ccc2c(c1)OCO2)S(=O)(=O)CC. The highest BCUT2D eigenvalue weighted by atomic mass is 32.2. The molecule has 0 saturated heterocycles. The van der Waals surface area contributed by atoms with Crippen LogP contribution in [0.5, 0.6) is 17.2 Å². The van der Waals surface area contributed by atoms with Crippen LogP contribution in [0, 0.1) is 0 Å². The molecule has 0 aliphatic carbocycles. The van der Waals surface area contributed by atoms with Gasteiger partial charge in [-0.05, 0) is 57.0 Å². The molecule has 37 heavy (non-hydrogen) atoms. The van der Waals surface area contributed by atoms with Crippen molar-refractivity contribution < 1.29 is 32.2 Å². The van der Waals surface area contributed by atoms with E-state index in [1.807, 2.05) is 13.8 Å². The van der Waals surface area contributed by atoms with Gasteiger partial charge in [0, 0.05) is 18.7 Å². The monoisotopic (exact) mass is 533 g/mol. The number of nitrogens with one attached hydrogen (secondary N) is 1. The number of benzene rings is 2. The first-order chi connectivity index (χ1) is 17.6. The van der Waals surface area contributed by atoms with Gasteiger partial charge in [0.25, 0.3) is 0 Å². The molecule has 202 valence electrons. The van der Waals surface area contributed by atoms with Gasteiger partial charge in [-0.3, -0.25) is 13.9 Å². The molecule has 0 bridgehead atoms. The van der Waals surface area contributed by atoms with Gasteiger partial charge in [-0.25, -0.2) is 8.42 Å². The summed E-state index contributed by atoms with van der Waals surface area (Å²) in [6.07, 6.45) is 0.734. The fourth-order valence-corrected chi connectivity index (χ4v) is 4.79. The van der Waals surface area contributed by atoms with Crippen LogP contribution >= 0.6 is 0 Å². The van der Waals surface area contributed by atoms with E-state index in [1.54, 1.807) is 50.4 Å². The molecular weight excluding hydrogens is 498 g/mol. The third-order valence-electron chi connectivity index (χ3n) is 6.30. The summed E-state index contributed by atoms with van der Waals surface area (Å²) in [5.74, 6) is 0.517.